The molecule has 0 bridgehead atoms. The highest BCUT2D eigenvalue weighted by Crippen LogP contribution is 2.38. The number of hydrogen-bond donors (Lipinski definition) is 2. The normalized spacial score (nSPS) is 11.2. The van der Waals surface area contributed by atoms with Crippen molar-refractivity contribution in [2.24, 2.45) is 7.05 Å². The summed E-state index contributed by atoms with van der Waals surface area (Å²) in [6, 6.07) is 5.67. The number of methoxy groups -OCH3 is 1. The maximum Gasteiger partial charge on any atom is 0.145 e. The molecule has 2 aromatic heterocycles. The van der Waals surface area contributed by atoms with Crippen LogP contribution in [0.15, 0.2) is 18.2 Å². The summed E-state index contributed by atoms with van der Waals surface area (Å²) in [6.07, 6.45) is 0. The number of rotatable bonds is 2. The molecule has 20 heavy (non-hydrogen) atoms. The van der Waals surface area contributed by atoms with Crippen molar-refractivity contribution in [3.63, 3.8) is 0 Å². The molecule has 0 saturated heterocycles. The number of aromatic amines is 1. The molecule has 0 saturated carbocycles. The Morgan fingerprint density at radius 1 is 1.35 bits per heavy atom. The Morgan fingerprint density at radius 2 is 2.10 bits per heavy atom. The fraction of sp³-hybridized carbons (Fsp3) is 0.214. The first-order valence-electron chi connectivity index (χ1n) is 6.16. The van der Waals surface area contributed by atoms with E-state index in [2.05, 4.69) is 14.8 Å². The molecule has 0 atom stereocenters. The average Bonchev–Trinajstić information content (AvgIpc) is 2.93. The largest absolute Gasteiger partial charge is 0.495 e. The fourth-order valence-corrected chi connectivity index (χ4v) is 2.76. The van der Waals surface area contributed by atoms with Gasteiger partial charge in [0.05, 0.1) is 23.3 Å². The van der Waals surface area contributed by atoms with E-state index in [-0.39, 0.29) is 0 Å². The van der Waals surface area contributed by atoms with Gasteiger partial charge >= 0.3 is 0 Å². The molecule has 0 aliphatic rings. The van der Waals surface area contributed by atoms with Crippen LogP contribution in [0.3, 0.4) is 0 Å². The lowest BCUT2D eigenvalue weighted by Crippen LogP contribution is -1.91. The third-order valence-electron chi connectivity index (χ3n) is 3.63. The van der Waals surface area contributed by atoms with Crippen molar-refractivity contribution >= 4 is 28.3 Å². The fourth-order valence-electron chi connectivity index (χ4n) is 2.53. The number of anilines is 1. The molecule has 104 valence electrons. The second-order valence-corrected chi connectivity index (χ2v) is 5.14. The van der Waals surface area contributed by atoms with Crippen molar-refractivity contribution in [3.8, 4) is 17.0 Å². The van der Waals surface area contributed by atoms with Crippen LogP contribution in [0.4, 0.5) is 5.82 Å². The summed E-state index contributed by atoms with van der Waals surface area (Å²) in [4.78, 5) is 0. The van der Waals surface area contributed by atoms with E-state index in [0.717, 1.165) is 27.9 Å². The number of ether oxygens (including phenoxy) is 1. The van der Waals surface area contributed by atoms with E-state index < -0.39 is 0 Å². The van der Waals surface area contributed by atoms with Gasteiger partial charge in [-0.3, -0.25) is 5.10 Å². The molecule has 1 aromatic carbocycles. The second-order valence-electron chi connectivity index (χ2n) is 4.73. The number of halogens is 1. The van der Waals surface area contributed by atoms with Gasteiger partial charge in [-0.1, -0.05) is 11.6 Å². The van der Waals surface area contributed by atoms with E-state index in [1.54, 1.807) is 7.11 Å². The topological polar surface area (TPSA) is 68.9 Å². The Morgan fingerprint density at radius 3 is 2.70 bits per heavy atom. The summed E-state index contributed by atoms with van der Waals surface area (Å²) in [5.74, 6) is 1.12. The Bertz CT molecular complexity index is 803. The van der Waals surface area contributed by atoms with Gasteiger partial charge in [0.1, 0.15) is 11.6 Å². The molecule has 0 fully saturated rings. The van der Waals surface area contributed by atoms with Gasteiger partial charge in [-0.05, 0) is 19.1 Å². The number of nitrogen functional groups attached to an aromatic ring is 1. The molecular weight excluding hydrogens is 276 g/mol. The number of hydrogen-bond acceptors (Lipinski definition) is 3. The Kier molecular flexibility index (Phi) is 2.87. The maximum absolute atomic E-state index is 6.21. The Labute approximate surface area is 121 Å². The Hall–Kier alpha value is -2.14. The van der Waals surface area contributed by atoms with Gasteiger partial charge in [0, 0.05) is 29.8 Å². The number of aryl methyl sites for hydroxylation is 1. The molecule has 0 spiro atoms. The first-order valence-corrected chi connectivity index (χ1v) is 6.54. The average molecular weight is 291 g/mol. The number of aromatic nitrogens is 3. The first kappa shape index (κ1) is 12.9. The van der Waals surface area contributed by atoms with Crippen molar-refractivity contribution in [2.45, 2.75) is 6.92 Å². The lowest BCUT2D eigenvalue weighted by molar-refractivity contribution is 0.415. The number of nitrogens with two attached hydrogens (primary N) is 1. The monoisotopic (exact) mass is 290 g/mol. The molecule has 3 N–H and O–H groups in total. The van der Waals surface area contributed by atoms with E-state index in [9.17, 15) is 0 Å². The lowest BCUT2D eigenvalue weighted by atomic mass is 10.1. The highest BCUT2D eigenvalue weighted by molar-refractivity contribution is 6.33. The zero-order valence-corrected chi connectivity index (χ0v) is 12.2. The number of H-pyrrole nitrogens is 1. The first-order chi connectivity index (χ1) is 9.52. The van der Waals surface area contributed by atoms with Crippen LogP contribution < -0.4 is 10.5 Å². The van der Waals surface area contributed by atoms with Gasteiger partial charge in [-0.2, -0.15) is 5.10 Å². The van der Waals surface area contributed by atoms with Gasteiger partial charge in [0.15, 0.2) is 0 Å². The molecule has 6 heteroatoms. The zero-order chi connectivity index (χ0) is 14.4. The van der Waals surface area contributed by atoms with Gasteiger partial charge in [-0.25, -0.2) is 0 Å². The maximum atomic E-state index is 6.21. The molecule has 5 nitrogen and oxygen atoms in total. The molecule has 0 amide bonds. The van der Waals surface area contributed by atoms with Crippen molar-refractivity contribution in [3.05, 3.63) is 28.9 Å². The van der Waals surface area contributed by atoms with Crippen LogP contribution in [0.5, 0.6) is 5.75 Å². The van der Waals surface area contributed by atoms with Crippen molar-refractivity contribution < 1.29 is 4.74 Å². The predicted molar refractivity (Wildman–Crippen MR) is 81.2 cm³/mol. The summed E-state index contributed by atoms with van der Waals surface area (Å²) in [6.45, 7) is 2.05. The van der Waals surface area contributed by atoms with Crippen LogP contribution in [-0.4, -0.2) is 21.9 Å². The zero-order valence-electron chi connectivity index (χ0n) is 11.5. The van der Waals surface area contributed by atoms with Gasteiger partial charge < -0.3 is 15.0 Å². The minimum Gasteiger partial charge on any atom is -0.495 e. The number of benzene rings is 1. The molecule has 2 heterocycles. The lowest BCUT2D eigenvalue weighted by Gasteiger charge is -2.04. The third-order valence-corrected chi connectivity index (χ3v) is 3.93. The standard InChI is InChI=1S/C14H15ClN4O/c1-7-14(10-6-13(16)18-17-10)8-4-12(20-3)9(15)5-11(8)19(7)2/h4-6H,1-3H3,(H3,16,17,18). The highest BCUT2D eigenvalue weighted by atomic mass is 35.5. The van der Waals surface area contributed by atoms with Crippen LogP contribution in [0, 0.1) is 6.92 Å². The summed E-state index contributed by atoms with van der Waals surface area (Å²) < 4.78 is 7.40. The van der Waals surface area contributed by atoms with E-state index in [1.165, 1.54) is 0 Å². The SMILES string of the molecule is COc1cc2c(-c3cc(N)n[nH]3)c(C)n(C)c2cc1Cl. The minimum atomic E-state index is 0.470. The van der Waals surface area contributed by atoms with E-state index in [4.69, 9.17) is 22.1 Å². The minimum absolute atomic E-state index is 0.470. The van der Waals surface area contributed by atoms with Crippen molar-refractivity contribution in [1.82, 2.24) is 14.8 Å². The smallest absolute Gasteiger partial charge is 0.145 e. The molecule has 0 unspecified atom stereocenters. The molecular formula is C14H15ClN4O. The van der Waals surface area contributed by atoms with E-state index in [1.807, 2.05) is 32.2 Å². The predicted octanol–water partition coefficient (Wildman–Crippen LogP) is 3.12. The van der Waals surface area contributed by atoms with Crippen LogP contribution >= 0.6 is 11.6 Å². The van der Waals surface area contributed by atoms with E-state index in [0.29, 0.717) is 16.6 Å². The molecule has 0 aliphatic carbocycles. The second kappa shape index (κ2) is 4.45. The van der Waals surface area contributed by atoms with Crippen LogP contribution in [0.25, 0.3) is 22.2 Å². The molecule has 3 aromatic rings. The third kappa shape index (κ3) is 1.74. The molecule has 3 rings (SSSR count). The van der Waals surface area contributed by atoms with Gasteiger partial charge in [-0.15, -0.1) is 0 Å². The summed E-state index contributed by atoms with van der Waals surface area (Å²) in [5.41, 5.74) is 9.79. The van der Waals surface area contributed by atoms with Crippen LogP contribution in [0.1, 0.15) is 5.69 Å². The molecule has 0 aliphatic heterocycles. The molecule has 0 radical (unpaired) electrons. The van der Waals surface area contributed by atoms with Crippen molar-refractivity contribution in [2.75, 3.05) is 12.8 Å². The number of nitrogens with one attached hydrogen (secondary N) is 1. The van der Waals surface area contributed by atoms with Crippen LogP contribution in [-0.2, 0) is 7.05 Å². The number of fused-ring (bicyclic) bond motifs is 1. The Balaban J connectivity index is 2.39. The van der Waals surface area contributed by atoms with Gasteiger partial charge in [0.25, 0.3) is 0 Å². The highest BCUT2D eigenvalue weighted by Gasteiger charge is 2.17. The quantitative estimate of drug-likeness (QED) is 0.762. The van der Waals surface area contributed by atoms with E-state index >= 15 is 0 Å². The van der Waals surface area contributed by atoms with Gasteiger partial charge in [0.2, 0.25) is 0 Å². The summed E-state index contributed by atoms with van der Waals surface area (Å²) >= 11 is 6.21. The number of nitrogens with zero attached hydrogens (tertiary/aromatic N) is 2. The van der Waals surface area contributed by atoms with Crippen molar-refractivity contribution in [1.29, 1.82) is 0 Å². The summed E-state index contributed by atoms with van der Waals surface area (Å²) in [7, 11) is 3.61. The van der Waals surface area contributed by atoms with Crippen LogP contribution in [0.2, 0.25) is 5.02 Å². The summed E-state index contributed by atoms with van der Waals surface area (Å²) in [5, 5.41) is 8.60.